The van der Waals surface area contributed by atoms with Gasteiger partial charge in [0.15, 0.2) is 0 Å². The third kappa shape index (κ3) is 6.21. The van der Waals surface area contributed by atoms with Crippen LogP contribution in [0.3, 0.4) is 0 Å². The van der Waals surface area contributed by atoms with E-state index in [-0.39, 0.29) is 25.9 Å². The maximum atomic E-state index is 13.4. The van der Waals surface area contributed by atoms with Crippen molar-refractivity contribution in [3.63, 3.8) is 0 Å². The van der Waals surface area contributed by atoms with E-state index in [1.807, 2.05) is 43.3 Å². The van der Waals surface area contributed by atoms with Gasteiger partial charge in [-0.2, -0.15) is 13.2 Å². The molecule has 13 heteroatoms. The maximum absolute atomic E-state index is 13.4. The molecular formula is C29H33F3N8O2. The molecule has 2 aromatic heterocycles. The number of alkyl halides is 3. The fraction of sp³-hybridized carbons (Fsp3) is 0.414. The Morgan fingerprint density at radius 3 is 2.62 bits per heavy atom. The van der Waals surface area contributed by atoms with E-state index in [1.54, 1.807) is 7.11 Å². The average molecular weight is 583 g/mol. The van der Waals surface area contributed by atoms with Gasteiger partial charge >= 0.3 is 6.18 Å². The van der Waals surface area contributed by atoms with Crippen molar-refractivity contribution in [1.29, 1.82) is 0 Å². The van der Waals surface area contributed by atoms with Gasteiger partial charge < -0.3 is 19.9 Å². The van der Waals surface area contributed by atoms with E-state index < -0.39 is 17.5 Å². The Morgan fingerprint density at radius 1 is 1.21 bits per heavy atom. The minimum atomic E-state index is -4.49. The minimum Gasteiger partial charge on any atom is -0.378 e. The third-order valence-corrected chi connectivity index (χ3v) is 7.67. The van der Waals surface area contributed by atoms with Crippen LogP contribution < -0.4 is 5.32 Å². The zero-order valence-corrected chi connectivity index (χ0v) is 23.5. The number of amides is 1. The first-order valence-electron chi connectivity index (χ1n) is 13.6. The summed E-state index contributed by atoms with van der Waals surface area (Å²) in [5, 5.41) is 3.17. The number of allylic oxidation sites excluding steroid dienone is 1. The van der Waals surface area contributed by atoms with Crippen molar-refractivity contribution in [2.45, 2.75) is 32.5 Å². The molecule has 1 aliphatic carbocycles. The lowest BCUT2D eigenvalue weighted by Crippen LogP contribution is -2.53. The van der Waals surface area contributed by atoms with Crippen LogP contribution in [0.4, 0.5) is 19.1 Å². The number of hydrogen-bond donors (Lipinski definition) is 2. The van der Waals surface area contributed by atoms with E-state index in [4.69, 9.17) is 4.74 Å². The number of halogens is 3. The van der Waals surface area contributed by atoms with Gasteiger partial charge in [0.1, 0.15) is 17.6 Å². The Bertz CT molecular complexity index is 1520. The normalized spacial score (nSPS) is 17.9. The Balaban J connectivity index is 1.21. The van der Waals surface area contributed by atoms with Crippen LogP contribution in [-0.2, 0) is 16.1 Å². The van der Waals surface area contributed by atoms with Crippen molar-refractivity contribution in [3.8, 4) is 11.3 Å². The van der Waals surface area contributed by atoms with Crippen LogP contribution in [-0.4, -0.2) is 88.4 Å². The lowest BCUT2D eigenvalue weighted by molar-refractivity contribution is -0.199. The van der Waals surface area contributed by atoms with Crippen molar-refractivity contribution in [1.82, 2.24) is 29.7 Å². The predicted octanol–water partition coefficient (Wildman–Crippen LogP) is 4.55. The Kier molecular flexibility index (Phi) is 8.41. The SMILES string of the molecule is C=N/C(=C\C(=C/C)CN1CCN(C(=O)C2(C(F)(F)F)CC2)CC1)Nc1nc2ccc(-c3cc(COC)ncn3)cc2[nH]1. The molecule has 222 valence electrons. The fourth-order valence-electron chi connectivity index (χ4n) is 5.06. The van der Waals surface area contributed by atoms with Gasteiger partial charge in [-0.15, -0.1) is 0 Å². The molecule has 1 saturated carbocycles. The number of nitrogens with one attached hydrogen (secondary N) is 2. The number of hydrogen-bond acceptors (Lipinski definition) is 8. The highest BCUT2D eigenvalue weighted by atomic mass is 19.4. The first kappa shape index (κ1) is 29.4. The Labute approximate surface area is 241 Å². The van der Waals surface area contributed by atoms with E-state index in [2.05, 4.69) is 41.9 Å². The molecule has 2 fully saturated rings. The van der Waals surface area contributed by atoms with Gasteiger partial charge in [0, 0.05) is 45.4 Å². The number of anilines is 1. The Morgan fingerprint density at radius 2 is 1.98 bits per heavy atom. The summed E-state index contributed by atoms with van der Waals surface area (Å²) in [5.74, 6) is 0.191. The number of fused-ring (bicyclic) bond motifs is 1. The molecule has 1 aromatic carbocycles. The number of carbonyl (C=O) groups excluding carboxylic acids is 1. The third-order valence-electron chi connectivity index (χ3n) is 7.67. The van der Waals surface area contributed by atoms with Gasteiger partial charge in [0.05, 0.1) is 29.0 Å². The number of aliphatic imine (C=N–C) groups is 1. The van der Waals surface area contributed by atoms with Gasteiger partial charge in [0.25, 0.3) is 0 Å². The molecule has 2 N–H and O–H groups in total. The number of benzene rings is 1. The molecule has 42 heavy (non-hydrogen) atoms. The predicted molar refractivity (Wildman–Crippen MR) is 154 cm³/mol. The summed E-state index contributed by atoms with van der Waals surface area (Å²) in [4.78, 5) is 36.6. The monoisotopic (exact) mass is 582 g/mol. The molecule has 3 aromatic rings. The molecule has 0 bridgehead atoms. The van der Waals surface area contributed by atoms with Crippen LogP contribution in [0.1, 0.15) is 25.5 Å². The number of methoxy groups -OCH3 is 1. The Hall–Kier alpha value is -4.10. The summed E-state index contributed by atoms with van der Waals surface area (Å²) in [6, 6.07) is 7.67. The summed E-state index contributed by atoms with van der Waals surface area (Å²) in [7, 11) is 1.62. The molecule has 1 saturated heterocycles. The lowest BCUT2D eigenvalue weighted by Gasteiger charge is -2.37. The van der Waals surface area contributed by atoms with Gasteiger partial charge in [-0.3, -0.25) is 9.69 Å². The zero-order chi connectivity index (χ0) is 29.9. The van der Waals surface area contributed by atoms with Crippen LogP contribution >= 0.6 is 0 Å². The number of H-pyrrole nitrogens is 1. The highest BCUT2D eigenvalue weighted by Gasteiger charge is 2.69. The number of imidazole rings is 1. The van der Waals surface area contributed by atoms with Gasteiger partial charge in [0.2, 0.25) is 11.9 Å². The molecule has 0 radical (unpaired) electrons. The number of rotatable bonds is 10. The number of aromatic amines is 1. The summed E-state index contributed by atoms with van der Waals surface area (Å²) < 4.78 is 45.3. The minimum absolute atomic E-state index is 0.114. The second-order valence-corrected chi connectivity index (χ2v) is 10.5. The standard InChI is InChI=1S/C29H33F3N8O2/c1-4-19(16-39-9-11-40(12-10-39)26(41)28(7-8-28)29(30,31)32)13-25(33-2)38-27-36-22-6-5-20(14-24(22)37-27)23-15-21(17-42-3)34-18-35-23/h4-6,13-15,18H,2,7-12,16-17H2,1,3H3,(H2,36,37,38)/b19-4+,25-13+. The molecule has 1 amide bonds. The van der Waals surface area contributed by atoms with Crippen LogP contribution in [0, 0.1) is 5.41 Å². The van der Waals surface area contributed by atoms with Crippen LogP contribution in [0.25, 0.3) is 22.3 Å². The second-order valence-electron chi connectivity index (χ2n) is 10.5. The molecule has 0 spiro atoms. The number of nitrogens with zero attached hydrogens (tertiary/aromatic N) is 6. The second kappa shape index (κ2) is 12.0. The summed E-state index contributed by atoms with van der Waals surface area (Å²) >= 11 is 0. The highest BCUT2D eigenvalue weighted by molar-refractivity contribution is 5.86. The van der Waals surface area contributed by atoms with Crippen LogP contribution in [0.5, 0.6) is 0 Å². The summed E-state index contributed by atoms with van der Waals surface area (Å²) in [5.41, 5.74) is 2.79. The number of aromatic nitrogens is 4. The largest absolute Gasteiger partial charge is 0.403 e. The first-order valence-corrected chi connectivity index (χ1v) is 13.6. The lowest BCUT2D eigenvalue weighted by atomic mass is 10.0. The molecule has 2 aliphatic rings. The fourth-order valence-corrected chi connectivity index (χ4v) is 5.06. The molecule has 5 rings (SSSR count). The zero-order valence-electron chi connectivity index (χ0n) is 23.5. The topological polar surface area (TPSA) is 112 Å². The molecule has 1 aliphatic heterocycles. The van der Waals surface area contributed by atoms with Crippen LogP contribution in [0.2, 0.25) is 0 Å². The number of carbonyl (C=O) groups is 1. The van der Waals surface area contributed by atoms with E-state index in [1.165, 1.54) is 11.2 Å². The highest BCUT2D eigenvalue weighted by Crippen LogP contribution is 2.58. The van der Waals surface area contributed by atoms with Crippen molar-refractivity contribution in [2.24, 2.45) is 10.4 Å². The molecule has 3 heterocycles. The van der Waals surface area contributed by atoms with E-state index in [0.29, 0.717) is 38.0 Å². The van der Waals surface area contributed by atoms with Crippen molar-refractivity contribution in [3.05, 3.63) is 59.8 Å². The van der Waals surface area contributed by atoms with Crippen molar-refractivity contribution in [2.75, 3.05) is 45.2 Å². The summed E-state index contributed by atoms with van der Waals surface area (Å²) in [6.45, 7) is 8.04. The van der Waals surface area contributed by atoms with Gasteiger partial charge in [-0.25, -0.2) is 19.9 Å². The first-order chi connectivity index (χ1) is 20.2. The van der Waals surface area contributed by atoms with Crippen molar-refractivity contribution < 1.29 is 22.7 Å². The molecular weight excluding hydrogens is 549 g/mol. The number of piperazine rings is 1. The van der Waals surface area contributed by atoms with E-state index in [0.717, 1.165) is 33.6 Å². The van der Waals surface area contributed by atoms with Crippen LogP contribution in [0.15, 0.2) is 59.1 Å². The molecule has 0 unspecified atom stereocenters. The maximum Gasteiger partial charge on any atom is 0.403 e. The van der Waals surface area contributed by atoms with E-state index >= 15 is 0 Å². The number of ether oxygens (including phenoxy) is 1. The quantitative estimate of drug-likeness (QED) is 0.267. The molecule has 10 nitrogen and oxygen atoms in total. The average Bonchev–Trinajstić information content (AvgIpc) is 3.71. The van der Waals surface area contributed by atoms with Gasteiger partial charge in [-0.05, 0) is 56.3 Å². The summed E-state index contributed by atoms with van der Waals surface area (Å²) in [6.07, 6.45) is 0.588. The smallest absolute Gasteiger partial charge is 0.378 e. The van der Waals surface area contributed by atoms with Crippen molar-refractivity contribution >= 4 is 29.6 Å². The van der Waals surface area contributed by atoms with E-state index in [9.17, 15) is 18.0 Å². The van der Waals surface area contributed by atoms with Gasteiger partial charge in [-0.1, -0.05) is 12.1 Å². The molecule has 0 atom stereocenters.